The van der Waals surface area contributed by atoms with Crippen molar-refractivity contribution >= 4 is 44.2 Å². The van der Waals surface area contributed by atoms with Gasteiger partial charge in [-0.25, -0.2) is 9.97 Å². The molecule has 0 unspecified atom stereocenters. The van der Waals surface area contributed by atoms with Crippen LogP contribution in [0.2, 0.25) is 0 Å². The number of para-hydroxylation sites is 2. The largest absolute Gasteiger partial charge is 0.344 e. The Bertz CT molecular complexity index is 1320. The molecular formula is C23H20N4. The van der Waals surface area contributed by atoms with Gasteiger partial charge in [0.15, 0.2) is 0 Å². The minimum atomic E-state index is 0.779. The molecule has 5 aromatic rings. The van der Waals surface area contributed by atoms with Crippen LogP contribution in [0.5, 0.6) is 0 Å². The number of hydrogen-bond acceptors (Lipinski definition) is 3. The minimum absolute atomic E-state index is 0.779. The molecule has 0 atom stereocenters. The molecule has 0 aliphatic rings. The van der Waals surface area contributed by atoms with E-state index in [2.05, 4.69) is 77.1 Å². The van der Waals surface area contributed by atoms with E-state index < -0.39 is 0 Å². The maximum absolute atomic E-state index is 4.73. The maximum Gasteiger partial charge on any atom is 0.144 e. The summed E-state index contributed by atoms with van der Waals surface area (Å²) in [4.78, 5) is 11.5. The van der Waals surface area contributed by atoms with E-state index in [9.17, 15) is 0 Å². The Balaban J connectivity index is 1.73. The highest BCUT2D eigenvalue weighted by Gasteiger charge is 2.14. The molecule has 132 valence electrons. The third-order valence-electron chi connectivity index (χ3n) is 5.30. The molecule has 0 N–H and O–H groups in total. The predicted molar refractivity (Wildman–Crippen MR) is 113 cm³/mol. The first kappa shape index (κ1) is 15.8. The summed E-state index contributed by atoms with van der Waals surface area (Å²) in [5.41, 5.74) is 4.56. The van der Waals surface area contributed by atoms with Crippen LogP contribution in [0.4, 0.5) is 11.5 Å². The standard InChI is InChI=1S/C23H20N4/c1-15-24-20-10-6-4-9-18(20)23(25-15)26(2)16-12-13-22-19(14-16)17-8-5-7-11-21(17)27(22)3/h4-14H,1-3H3. The zero-order chi connectivity index (χ0) is 18.5. The van der Waals surface area contributed by atoms with E-state index in [1.165, 1.54) is 21.8 Å². The molecule has 2 aromatic heterocycles. The molecule has 0 amide bonds. The normalized spacial score (nSPS) is 11.5. The second-order valence-electron chi connectivity index (χ2n) is 6.95. The lowest BCUT2D eigenvalue weighted by Gasteiger charge is -2.20. The number of rotatable bonds is 2. The van der Waals surface area contributed by atoms with Gasteiger partial charge in [-0.2, -0.15) is 0 Å². The molecule has 0 radical (unpaired) electrons. The quantitative estimate of drug-likeness (QED) is 0.429. The number of fused-ring (bicyclic) bond motifs is 4. The Labute approximate surface area is 157 Å². The Morgan fingerprint density at radius 2 is 1.48 bits per heavy atom. The zero-order valence-corrected chi connectivity index (χ0v) is 15.6. The average Bonchev–Trinajstić information content (AvgIpc) is 2.99. The SMILES string of the molecule is Cc1nc(N(C)c2ccc3c(c2)c2ccccc2n3C)c2ccccc2n1. The van der Waals surface area contributed by atoms with E-state index in [1.54, 1.807) is 0 Å². The lowest BCUT2D eigenvalue weighted by molar-refractivity contribution is 1.01. The van der Waals surface area contributed by atoms with Crippen LogP contribution in [0.25, 0.3) is 32.7 Å². The third kappa shape index (κ3) is 2.37. The fraction of sp³-hybridized carbons (Fsp3) is 0.130. The average molecular weight is 352 g/mol. The fourth-order valence-electron chi connectivity index (χ4n) is 3.92. The van der Waals surface area contributed by atoms with Crippen LogP contribution in [-0.4, -0.2) is 21.6 Å². The van der Waals surface area contributed by atoms with Gasteiger partial charge in [-0.1, -0.05) is 30.3 Å². The Kier molecular flexibility index (Phi) is 3.41. The van der Waals surface area contributed by atoms with Crippen LogP contribution < -0.4 is 4.90 Å². The monoisotopic (exact) mass is 352 g/mol. The van der Waals surface area contributed by atoms with Crippen molar-refractivity contribution in [3.8, 4) is 0 Å². The minimum Gasteiger partial charge on any atom is -0.344 e. The highest BCUT2D eigenvalue weighted by Crippen LogP contribution is 2.34. The first-order valence-electron chi connectivity index (χ1n) is 9.08. The van der Waals surface area contributed by atoms with Crippen molar-refractivity contribution in [2.45, 2.75) is 6.92 Å². The summed E-state index contributed by atoms with van der Waals surface area (Å²) in [5.74, 6) is 1.71. The number of hydrogen-bond donors (Lipinski definition) is 0. The summed E-state index contributed by atoms with van der Waals surface area (Å²) in [6.45, 7) is 1.94. The van der Waals surface area contributed by atoms with Gasteiger partial charge in [0.2, 0.25) is 0 Å². The lowest BCUT2D eigenvalue weighted by atomic mass is 10.1. The van der Waals surface area contributed by atoms with Crippen LogP contribution in [0, 0.1) is 6.92 Å². The van der Waals surface area contributed by atoms with E-state index in [0.29, 0.717) is 0 Å². The topological polar surface area (TPSA) is 34.0 Å². The molecule has 5 rings (SSSR count). The molecule has 0 spiro atoms. The molecule has 0 aliphatic heterocycles. The van der Waals surface area contributed by atoms with Gasteiger partial charge in [0.05, 0.1) is 5.52 Å². The number of nitrogens with zero attached hydrogens (tertiary/aromatic N) is 4. The highest BCUT2D eigenvalue weighted by molar-refractivity contribution is 6.09. The molecule has 4 nitrogen and oxygen atoms in total. The van der Waals surface area contributed by atoms with E-state index in [-0.39, 0.29) is 0 Å². The van der Waals surface area contributed by atoms with Crippen molar-refractivity contribution in [2.24, 2.45) is 7.05 Å². The molecule has 3 aromatic carbocycles. The maximum atomic E-state index is 4.73. The van der Waals surface area contributed by atoms with Gasteiger partial charge >= 0.3 is 0 Å². The van der Waals surface area contributed by atoms with E-state index in [0.717, 1.165) is 28.2 Å². The molecule has 4 heteroatoms. The van der Waals surface area contributed by atoms with Crippen molar-refractivity contribution in [1.29, 1.82) is 0 Å². The van der Waals surface area contributed by atoms with Crippen molar-refractivity contribution in [3.05, 3.63) is 72.6 Å². The van der Waals surface area contributed by atoms with Crippen LogP contribution >= 0.6 is 0 Å². The summed E-state index contributed by atoms with van der Waals surface area (Å²) in [7, 11) is 4.19. The van der Waals surface area contributed by atoms with Gasteiger partial charge in [-0.3, -0.25) is 0 Å². The molecule has 0 aliphatic carbocycles. The molecule has 0 saturated heterocycles. The van der Waals surface area contributed by atoms with Gasteiger partial charge in [-0.05, 0) is 43.3 Å². The van der Waals surface area contributed by atoms with E-state index in [4.69, 9.17) is 4.98 Å². The molecule has 2 heterocycles. The Hall–Kier alpha value is -3.40. The number of anilines is 2. The van der Waals surface area contributed by atoms with Gasteiger partial charge in [-0.15, -0.1) is 0 Å². The smallest absolute Gasteiger partial charge is 0.144 e. The zero-order valence-electron chi connectivity index (χ0n) is 15.6. The van der Waals surface area contributed by atoms with E-state index in [1.807, 2.05) is 25.1 Å². The first-order valence-corrected chi connectivity index (χ1v) is 9.08. The van der Waals surface area contributed by atoms with Gasteiger partial charge in [0.25, 0.3) is 0 Å². The molecule has 0 fully saturated rings. The van der Waals surface area contributed by atoms with Crippen molar-refractivity contribution in [2.75, 3.05) is 11.9 Å². The summed E-state index contributed by atoms with van der Waals surface area (Å²) in [5, 5.41) is 3.59. The second-order valence-corrected chi connectivity index (χ2v) is 6.95. The lowest BCUT2D eigenvalue weighted by Crippen LogP contribution is -2.13. The van der Waals surface area contributed by atoms with Crippen molar-refractivity contribution in [3.63, 3.8) is 0 Å². The number of aryl methyl sites for hydroxylation is 2. The van der Waals surface area contributed by atoms with Crippen molar-refractivity contribution < 1.29 is 0 Å². The second kappa shape index (κ2) is 5.81. The summed E-state index contributed by atoms with van der Waals surface area (Å²) in [6, 6.07) is 23.3. The van der Waals surface area contributed by atoms with Crippen LogP contribution in [0.15, 0.2) is 66.7 Å². The number of aromatic nitrogens is 3. The number of benzene rings is 3. The first-order chi connectivity index (χ1) is 13.1. The van der Waals surface area contributed by atoms with E-state index >= 15 is 0 Å². The van der Waals surface area contributed by atoms with Crippen LogP contribution in [0.3, 0.4) is 0 Å². The Morgan fingerprint density at radius 3 is 2.33 bits per heavy atom. The fourth-order valence-corrected chi connectivity index (χ4v) is 3.92. The predicted octanol–water partition coefficient (Wildman–Crippen LogP) is 5.35. The summed E-state index contributed by atoms with van der Waals surface area (Å²) >= 11 is 0. The van der Waals surface area contributed by atoms with Gasteiger partial charge in [0.1, 0.15) is 11.6 Å². The highest BCUT2D eigenvalue weighted by atomic mass is 15.2. The van der Waals surface area contributed by atoms with Gasteiger partial charge in [0, 0.05) is 47.0 Å². The Morgan fingerprint density at radius 1 is 0.778 bits per heavy atom. The summed E-state index contributed by atoms with van der Waals surface area (Å²) < 4.78 is 2.25. The molecule has 0 bridgehead atoms. The summed E-state index contributed by atoms with van der Waals surface area (Å²) in [6.07, 6.45) is 0. The molecular weight excluding hydrogens is 332 g/mol. The third-order valence-corrected chi connectivity index (χ3v) is 5.30. The van der Waals surface area contributed by atoms with Crippen LogP contribution in [0.1, 0.15) is 5.82 Å². The van der Waals surface area contributed by atoms with Crippen molar-refractivity contribution in [1.82, 2.24) is 14.5 Å². The molecule has 0 saturated carbocycles. The van der Waals surface area contributed by atoms with Crippen LogP contribution in [-0.2, 0) is 7.05 Å². The van der Waals surface area contributed by atoms with Gasteiger partial charge < -0.3 is 9.47 Å². The molecule has 27 heavy (non-hydrogen) atoms.